The molecule has 2 unspecified atom stereocenters. The Morgan fingerprint density at radius 2 is 2.29 bits per heavy atom. The third kappa shape index (κ3) is 2.79. The highest BCUT2D eigenvalue weighted by Crippen LogP contribution is 2.49. The topological polar surface area (TPSA) is 38.3 Å². The molecule has 4 heteroatoms. The first-order chi connectivity index (χ1) is 8.18. The van der Waals surface area contributed by atoms with E-state index in [1.807, 2.05) is 6.92 Å². The Labute approximate surface area is 108 Å². The Bertz CT molecular complexity index is 273. The highest BCUT2D eigenvalue weighted by molar-refractivity contribution is 8.01. The van der Waals surface area contributed by atoms with Crippen molar-refractivity contribution in [2.75, 3.05) is 18.8 Å². The molecule has 98 valence electrons. The van der Waals surface area contributed by atoms with Crippen LogP contribution in [-0.2, 0) is 9.53 Å². The molecule has 2 rings (SSSR count). The Morgan fingerprint density at radius 1 is 1.53 bits per heavy atom. The van der Waals surface area contributed by atoms with Crippen LogP contribution in [0, 0.1) is 11.3 Å². The van der Waals surface area contributed by atoms with Crippen LogP contribution in [0.2, 0.25) is 0 Å². The zero-order chi connectivity index (χ0) is 12.3. The minimum Gasteiger partial charge on any atom is -0.450 e. The van der Waals surface area contributed by atoms with Gasteiger partial charge in [-0.05, 0) is 6.42 Å². The van der Waals surface area contributed by atoms with E-state index in [1.54, 1.807) is 11.8 Å². The summed E-state index contributed by atoms with van der Waals surface area (Å²) in [5, 5.41) is 3.27. The van der Waals surface area contributed by atoms with E-state index in [2.05, 4.69) is 12.2 Å². The molecule has 0 bridgehead atoms. The molecule has 0 aliphatic carbocycles. The van der Waals surface area contributed by atoms with E-state index in [9.17, 15) is 4.79 Å². The normalized spacial score (nSPS) is 27.1. The first-order valence-corrected chi connectivity index (χ1v) is 7.75. The molecule has 0 saturated carbocycles. The molecule has 2 atom stereocenters. The van der Waals surface area contributed by atoms with Gasteiger partial charge in [0, 0.05) is 18.8 Å². The Kier molecular flexibility index (Phi) is 4.36. The molecule has 2 aliphatic rings. The summed E-state index contributed by atoms with van der Waals surface area (Å²) in [4.78, 5) is 11.9. The standard InChI is InChI=1S/C13H23NO2S/c1-3-4-5-6-10(2)11(15)16-12-13(9-17-12)7-14-8-13/h10,12,14H,3-9H2,1-2H3. The number of hydrogen-bond acceptors (Lipinski definition) is 4. The second-order valence-electron chi connectivity index (χ2n) is 5.44. The van der Waals surface area contributed by atoms with Crippen molar-refractivity contribution in [3.8, 4) is 0 Å². The second kappa shape index (κ2) is 5.61. The van der Waals surface area contributed by atoms with E-state index < -0.39 is 0 Å². The summed E-state index contributed by atoms with van der Waals surface area (Å²) in [6, 6.07) is 0. The SMILES string of the molecule is CCCCCC(C)C(=O)OC1SCC12CNC2. The number of carbonyl (C=O) groups excluding carboxylic acids is 1. The van der Waals surface area contributed by atoms with Gasteiger partial charge in [0.25, 0.3) is 0 Å². The van der Waals surface area contributed by atoms with Gasteiger partial charge in [-0.15, -0.1) is 11.8 Å². The van der Waals surface area contributed by atoms with Gasteiger partial charge in [-0.1, -0.05) is 33.1 Å². The van der Waals surface area contributed by atoms with E-state index >= 15 is 0 Å². The lowest BCUT2D eigenvalue weighted by Crippen LogP contribution is -2.66. The fourth-order valence-corrected chi connectivity index (χ4v) is 3.61. The van der Waals surface area contributed by atoms with Crippen LogP contribution < -0.4 is 5.32 Å². The Balaban J connectivity index is 1.69. The maximum Gasteiger partial charge on any atom is 0.309 e. The fraction of sp³-hybridized carbons (Fsp3) is 0.923. The number of hydrogen-bond donors (Lipinski definition) is 1. The summed E-state index contributed by atoms with van der Waals surface area (Å²) >= 11 is 1.78. The summed E-state index contributed by atoms with van der Waals surface area (Å²) in [6.45, 7) is 6.21. The van der Waals surface area contributed by atoms with Gasteiger partial charge in [-0.3, -0.25) is 4.79 Å². The van der Waals surface area contributed by atoms with Crippen molar-refractivity contribution < 1.29 is 9.53 Å². The van der Waals surface area contributed by atoms with Crippen molar-refractivity contribution in [1.29, 1.82) is 0 Å². The molecule has 0 radical (unpaired) electrons. The van der Waals surface area contributed by atoms with Gasteiger partial charge >= 0.3 is 5.97 Å². The summed E-state index contributed by atoms with van der Waals surface area (Å²) in [6.07, 6.45) is 4.52. The number of thioether (sulfide) groups is 1. The van der Waals surface area contributed by atoms with Crippen LogP contribution in [0.15, 0.2) is 0 Å². The molecule has 0 aromatic heterocycles. The highest BCUT2D eigenvalue weighted by Gasteiger charge is 2.54. The summed E-state index contributed by atoms with van der Waals surface area (Å²) in [7, 11) is 0. The molecule has 0 aromatic rings. The van der Waals surface area contributed by atoms with E-state index in [1.165, 1.54) is 12.8 Å². The maximum atomic E-state index is 11.9. The molecule has 0 aromatic carbocycles. The molecule has 1 spiro atoms. The lowest BCUT2D eigenvalue weighted by Gasteiger charge is -2.54. The van der Waals surface area contributed by atoms with Gasteiger partial charge in [-0.25, -0.2) is 0 Å². The molecule has 2 saturated heterocycles. The van der Waals surface area contributed by atoms with Crippen LogP contribution in [0.3, 0.4) is 0 Å². The third-order valence-corrected chi connectivity index (χ3v) is 5.48. The summed E-state index contributed by atoms with van der Waals surface area (Å²) in [5.74, 6) is 1.21. The van der Waals surface area contributed by atoms with Crippen LogP contribution in [-0.4, -0.2) is 30.2 Å². The van der Waals surface area contributed by atoms with Crippen molar-refractivity contribution in [2.24, 2.45) is 11.3 Å². The van der Waals surface area contributed by atoms with E-state index in [-0.39, 0.29) is 22.7 Å². The van der Waals surface area contributed by atoms with E-state index in [0.29, 0.717) is 0 Å². The van der Waals surface area contributed by atoms with Crippen LogP contribution in [0.1, 0.15) is 39.5 Å². The van der Waals surface area contributed by atoms with Gasteiger partial charge in [0.15, 0.2) is 5.44 Å². The zero-order valence-corrected chi connectivity index (χ0v) is 11.6. The first-order valence-electron chi connectivity index (χ1n) is 6.71. The first kappa shape index (κ1) is 13.2. The molecular weight excluding hydrogens is 234 g/mol. The van der Waals surface area contributed by atoms with Gasteiger partial charge in [-0.2, -0.15) is 0 Å². The number of nitrogens with one attached hydrogen (secondary N) is 1. The number of esters is 1. The Hall–Kier alpha value is -0.220. The Morgan fingerprint density at radius 3 is 2.76 bits per heavy atom. The maximum absolute atomic E-state index is 11.9. The number of carbonyl (C=O) groups is 1. The van der Waals surface area contributed by atoms with Crippen molar-refractivity contribution >= 4 is 17.7 Å². The van der Waals surface area contributed by atoms with E-state index in [0.717, 1.165) is 31.7 Å². The fourth-order valence-electron chi connectivity index (χ4n) is 2.30. The van der Waals surface area contributed by atoms with Gasteiger partial charge in [0.1, 0.15) is 0 Å². The van der Waals surface area contributed by atoms with Gasteiger partial charge in [0.05, 0.1) is 11.3 Å². The van der Waals surface area contributed by atoms with Crippen LogP contribution in [0.25, 0.3) is 0 Å². The van der Waals surface area contributed by atoms with Crippen LogP contribution >= 0.6 is 11.8 Å². The van der Waals surface area contributed by atoms with Crippen molar-refractivity contribution in [3.63, 3.8) is 0 Å². The number of rotatable bonds is 6. The van der Waals surface area contributed by atoms with Gasteiger partial charge in [0.2, 0.25) is 0 Å². The van der Waals surface area contributed by atoms with Crippen LogP contribution in [0.5, 0.6) is 0 Å². The molecular formula is C13H23NO2S. The van der Waals surface area contributed by atoms with Crippen LogP contribution in [0.4, 0.5) is 0 Å². The zero-order valence-electron chi connectivity index (χ0n) is 10.8. The average molecular weight is 257 g/mol. The minimum absolute atomic E-state index is 0.00424. The monoisotopic (exact) mass is 257 g/mol. The van der Waals surface area contributed by atoms with Crippen molar-refractivity contribution in [1.82, 2.24) is 5.32 Å². The lowest BCUT2D eigenvalue weighted by atomic mass is 9.83. The number of unbranched alkanes of at least 4 members (excludes halogenated alkanes) is 2. The quantitative estimate of drug-likeness (QED) is 0.586. The molecule has 3 nitrogen and oxygen atoms in total. The molecule has 2 fully saturated rings. The molecule has 2 heterocycles. The highest BCUT2D eigenvalue weighted by atomic mass is 32.2. The predicted octanol–water partition coefficient (Wildman–Crippen LogP) is 2.41. The molecule has 17 heavy (non-hydrogen) atoms. The smallest absolute Gasteiger partial charge is 0.309 e. The molecule has 1 N–H and O–H groups in total. The molecule has 0 amide bonds. The number of ether oxygens (including phenoxy) is 1. The molecule has 2 aliphatic heterocycles. The van der Waals surface area contributed by atoms with Gasteiger partial charge < -0.3 is 10.1 Å². The third-order valence-electron chi connectivity index (χ3n) is 3.84. The predicted molar refractivity (Wildman–Crippen MR) is 70.9 cm³/mol. The second-order valence-corrected chi connectivity index (χ2v) is 6.49. The summed E-state index contributed by atoms with van der Waals surface area (Å²) < 4.78 is 5.62. The largest absolute Gasteiger partial charge is 0.450 e. The minimum atomic E-state index is 0.00424. The van der Waals surface area contributed by atoms with Crippen molar-refractivity contribution in [2.45, 2.75) is 45.0 Å². The van der Waals surface area contributed by atoms with Crippen molar-refractivity contribution in [3.05, 3.63) is 0 Å². The average Bonchev–Trinajstić information content (AvgIpc) is 2.22. The van der Waals surface area contributed by atoms with E-state index in [4.69, 9.17) is 4.74 Å². The summed E-state index contributed by atoms with van der Waals surface area (Å²) in [5.41, 5.74) is 0.397. The lowest BCUT2D eigenvalue weighted by molar-refractivity contribution is -0.156.